The fraction of sp³-hybridized carbons (Fsp3) is 0.412. The van der Waals surface area contributed by atoms with Crippen LogP contribution in [0.4, 0.5) is 17.1 Å². The van der Waals surface area contributed by atoms with E-state index in [-0.39, 0.29) is 5.41 Å². The lowest BCUT2D eigenvalue weighted by atomic mass is 9.75. The van der Waals surface area contributed by atoms with Gasteiger partial charge in [0.15, 0.2) is 0 Å². The highest BCUT2D eigenvalue weighted by molar-refractivity contribution is 5.86. The van der Waals surface area contributed by atoms with Crippen LogP contribution in [0, 0.1) is 0 Å². The molecule has 0 atom stereocenters. The topological polar surface area (TPSA) is 3.24 Å². The summed E-state index contributed by atoms with van der Waals surface area (Å²) >= 11 is 0. The number of rotatable bonds is 7. The minimum Gasteiger partial charge on any atom is -0.310 e. The van der Waals surface area contributed by atoms with Crippen molar-refractivity contribution >= 4 is 17.1 Å². The Balaban J connectivity index is 1.13. The predicted molar refractivity (Wildman–Crippen MR) is 222 cm³/mol. The van der Waals surface area contributed by atoms with Gasteiger partial charge >= 0.3 is 0 Å². The van der Waals surface area contributed by atoms with Crippen LogP contribution >= 0.6 is 0 Å². The Morgan fingerprint density at radius 3 is 1.54 bits per heavy atom. The second-order valence-electron chi connectivity index (χ2n) is 17.2. The molecule has 0 amide bonds. The van der Waals surface area contributed by atoms with Gasteiger partial charge in [0.2, 0.25) is 0 Å². The van der Waals surface area contributed by atoms with E-state index in [0.717, 1.165) is 0 Å². The van der Waals surface area contributed by atoms with Crippen molar-refractivity contribution in [3.8, 4) is 22.3 Å². The third kappa shape index (κ3) is 6.23. The van der Waals surface area contributed by atoms with Crippen LogP contribution in [0.2, 0.25) is 0 Å². The van der Waals surface area contributed by atoms with E-state index in [9.17, 15) is 0 Å². The Hall–Kier alpha value is -4.10. The fourth-order valence-electron chi connectivity index (χ4n) is 10.8. The van der Waals surface area contributed by atoms with Gasteiger partial charge in [-0.3, -0.25) is 0 Å². The molecule has 0 heterocycles. The van der Waals surface area contributed by atoms with Gasteiger partial charge in [-0.25, -0.2) is 0 Å². The summed E-state index contributed by atoms with van der Waals surface area (Å²) in [6.45, 7) is 4.79. The highest BCUT2D eigenvalue weighted by atomic mass is 15.1. The molecule has 1 nitrogen and oxygen atoms in total. The molecule has 0 saturated heterocycles. The van der Waals surface area contributed by atoms with Crippen LogP contribution in [0.15, 0.2) is 109 Å². The summed E-state index contributed by atoms with van der Waals surface area (Å²) in [7, 11) is 0. The Morgan fingerprint density at radius 2 is 0.942 bits per heavy atom. The molecule has 0 radical (unpaired) electrons. The van der Waals surface area contributed by atoms with E-state index >= 15 is 0 Å². The average molecular weight is 684 g/mol. The molecule has 9 rings (SSSR count). The molecule has 0 unspecified atom stereocenters. The number of hydrogen-bond donors (Lipinski definition) is 0. The van der Waals surface area contributed by atoms with Gasteiger partial charge in [-0.2, -0.15) is 0 Å². The van der Waals surface area contributed by atoms with Crippen molar-refractivity contribution in [2.75, 3.05) is 4.90 Å². The van der Waals surface area contributed by atoms with E-state index < -0.39 is 0 Å². The van der Waals surface area contributed by atoms with Gasteiger partial charge in [-0.15, -0.1) is 0 Å². The third-order valence-electron chi connectivity index (χ3n) is 13.7. The lowest BCUT2D eigenvalue weighted by Gasteiger charge is -2.31. The standard InChI is InChI=1S/C51H57N/c1-51(2)48-24-13-12-21-46(48)47-34-33-43(35-49(47)51)52(41-29-25-37(26-30-41)36-15-6-3-7-16-36)42-31-27-40(28-32-42)50-44(38-17-8-4-9-18-38)22-14-23-45(50)39-19-10-5-11-20-39/h12-14,21-36,38-39H,3-11,15-20H2,1-2H3. The van der Waals surface area contributed by atoms with Crippen LogP contribution in [-0.2, 0) is 5.41 Å². The van der Waals surface area contributed by atoms with Crippen molar-refractivity contribution in [2.45, 2.75) is 133 Å². The molecule has 0 bridgehead atoms. The normalized spacial score (nSPS) is 19.3. The van der Waals surface area contributed by atoms with E-state index in [0.29, 0.717) is 17.8 Å². The highest BCUT2D eigenvalue weighted by Gasteiger charge is 2.36. The summed E-state index contributed by atoms with van der Waals surface area (Å²) in [5, 5.41) is 0. The zero-order valence-corrected chi connectivity index (χ0v) is 31.7. The highest BCUT2D eigenvalue weighted by Crippen LogP contribution is 2.51. The summed E-state index contributed by atoms with van der Waals surface area (Å²) < 4.78 is 0. The molecule has 52 heavy (non-hydrogen) atoms. The van der Waals surface area contributed by atoms with Crippen molar-refractivity contribution in [1.29, 1.82) is 0 Å². The summed E-state index contributed by atoms with van der Waals surface area (Å²) in [5.74, 6) is 2.08. The van der Waals surface area contributed by atoms with Gasteiger partial charge in [0.05, 0.1) is 0 Å². The van der Waals surface area contributed by atoms with Gasteiger partial charge in [0.1, 0.15) is 0 Å². The van der Waals surface area contributed by atoms with Crippen LogP contribution < -0.4 is 4.90 Å². The van der Waals surface area contributed by atoms with Gasteiger partial charge < -0.3 is 4.90 Å². The van der Waals surface area contributed by atoms with Crippen LogP contribution in [0.5, 0.6) is 0 Å². The van der Waals surface area contributed by atoms with E-state index in [4.69, 9.17) is 0 Å². The summed E-state index contributed by atoms with van der Waals surface area (Å²) in [5.41, 5.74) is 17.0. The third-order valence-corrected chi connectivity index (χ3v) is 13.7. The summed E-state index contributed by atoms with van der Waals surface area (Å²) in [6, 6.07) is 43.0. The molecule has 0 aliphatic heterocycles. The van der Waals surface area contributed by atoms with Crippen LogP contribution in [0.3, 0.4) is 0 Å². The number of anilines is 3. The maximum Gasteiger partial charge on any atom is 0.0465 e. The number of nitrogens with zero attached hydrogens (tertiary/aromatic N) is 1. The number of fused-ring (bicyclic) bond motifs is 3. The minimum absolute atomic E-state index is 0.0410. The van der Waals surface area contributed by atoms with Crippen molar-refractivity contribution in [2.24, 2.45) is 0 Å². The Kier molecular flexibility index (Phi) is 9.32. The zero-order valence-electron chi connectivity index (χ0n) is 31.7. The average Bonchev–Trinajstić information content (AvgIpc) is 3.44. The van der Waals surface area contributed by atoms with Crippen molar-refractivity contribution < 1.29 is 0 Å². The smallest absolute Gasteiger partial charge is 0.0465 e. The lowest BCUT2D eigenvalue weighted by molar-refractivity contribution is 0.437. The molecular weight excluding hydrogens is 627 g/mol. The lowest BCUT2D eigenvalue weighted by Crippen LogP contribution is -2.16. The first kappa shape index (κ1) is 33.7. The largest absolute Gasteiger partial charge is 0.310 e. The molecule has 1 heteroatoms. The molecular formula is C51H57N. The van der Waals surface area contributed by atoms with Crippen molar-refractivity contribution in [1.82, 2.24) is 0 Å². The molecule has 3 saturated carbocycles. The summed E-state index contributed by atoms with van der Waals surface area (Å²) in [6.07, 6.45) is 20.4. The SMILES string of the molecule is CC1(C)c2ccccc2-c2ccc(N(c3ccc(-c4c(C5CCCCC5)cccc4C4CCCCC4)cc3)c3ccc(C4CCCCC4)cc3)cc21. The van der Waals surface area contributed by atoms with Crippen LogP contribution in [0.25, 0.3) is 22.3 Å². The van der Waals surface area contributed by atoms with Gasteiger partial charge in [-0.05, 0) is 143 Å². The molecule has 5 aromatic rings. The van der Waals surface area contributed by atoms with E-state index in [1.165, 1.54) is 147 Å². The first-order valence-corrected chi connectivity index (χ1v) is 20.9. The minimum atomic E-state index is -0.0410. The second-order valence-corrected chi connectivity index (χ2v) is 17.2. The Bertz CT molecular complexity index is 1960. The van der Waals surface area contributed by atoms with Gasteiger partial charge in [-0.1, -0.05) is 144 Å². The zero-order chi connectivity index (χ0) is 35.1. The van der Waals surface area contributed by atoms with Gasteiger partial charge in [0.25, 0.3) is 0 Å². The number of hydrogen-bond acceptors (Lipinski definition) is 1. The predicted octanol–water partition coefficient (Wildman–Crippen LogP) is 15.3. The summed E-state index contributed by atoms with van der Waals surface area (Å²) in [4.78, 5) is 2.52. The first-order valence-electron chi connectivity index (χ1n) is 20.9. The van der Waals surface area contributed by atoms with Gasteiger partial charge in [0, 0.05) is 22.5 Å². The molecule has 0 aromatic heterocycles. The molecule has 0 N–H and O–H groups in total. The monoisotopic (exact) mass is 683 g/mol. The van der Waals surface area contributed by atoms with E-state index in [2.05, 4.69) is 128 Å². The molecule has 266 valence electrons. The first-order chi connectivity index (χ1) is 25.6. The fourth-order valence-corrected chi connectivity index (χ4v) is 10.8. The molecule has 4 aliphatic carbocycles. The van der Waals surface area contributed by atoms with Crippen molar-refractivity contribution in [3.63, 3.8) is 0 Å². The molecule has 3 fully saturated rings. The molecule has 5 aromatic carbocycles. The maximum absolute atomic E-state index is 2.52. The Labute approximate surface area is 313 Å². The Morgan fingerprint density at radius 1 is 0.442 bits per heavy atom. The second kappa shape index (κ2) is 14.4. The quantitative estimate of drug-likeness (QED) is 0.165. The maximum atomic E-state index is 2.52. The van der Waals surface area contributed by atoms with E-state index in [1.807, 2.05) is 0 Å². The molecule has 0 spiro atoms. The number of benzene rings is 5. The molecule has 4 aliphatic rings. The van der Waals surface area contributed by atoms with Crippen molar-refractivity contribution in [3.05, 3.63) is 137 Å². The van der Waals surface area contributed by atoms with Crippen LogP contribution in [0.1, 0.15) is 156 Å². The van der Waals surface area contributed by atoms with Crippen LogP contribution in [-0.4, -0.2) is 0 Å². The van der Waals surface area contributed by atoms with E-state index in [1.54, 1.807) is 16.7 Å².